The Hall–Kier alpha value is -4.52. The van der Waals surface area contributed by atoms with E-state index in [1.807, 2.05) is 38.1 Å². The van der Waals surface area contributed by atoms with E-state index in [1.165, 1.54) is 11.6 Å². The van der Waals surface area contributed by atoms with Gasteiger partial charge in [-0.3, -0.25) is 14.9 Å². The molecule has 0 aliphatic heterocycles. The van der Waals surface area contributed by atoms with Gasteiger partial charge in [0.2, 0.25) is 5.91 Å². The second kappa shape index (κ2) is 9.95. The van der Waals surface area contributed by atoms with Crippen LogP contribution in [0.2, 0.25) is 0 Å². The van der Waals surface area contributed by atoms with Gasteiger partial charge in [0.05, 0.1) is 17.6 Å². The number of hydrazone groups is 1. The zero-order valence-electron chi connectivity index (χ0n) is 18.9. The molecule has 7 heteroatoms. The van der Waals surface area contributed by atoms with E-state index >= 15 is 0 Å². The minimum atomic E-state index is -0.493. The summed E-state index contributed by atoms with van der Waals surface area (Å²) in [5.41, 5.74) is 8.98. The molecule has 34 heavy (non-hydrogen) atoms. The van der Waals surface area contributed by atoms with Crippen molar-refractivity contribution >= 4 is 17.8 Å². The first kappa shape index (κ1) is 22.7. The summed E-state index contributed by atoms with van der Waals surface area (Å²) >= 11 is 0. The van der Waals surface area contributed by atoms with Crippen molar-refractivity contribution in [3.8, 4) is 16.8 Å². The highest BCUT2D eigenvalue weighted by molar-refractivity contribution is 5.85. The highest BCUT2D eigenvalue weighted by atomic mass is 16.6. The van der Waals surface area contributed by atoms with E-state index in [-0.39, 0.29) is 12.1 Å². The molecule has 0 atom stereocenters. The van der Waals surface area contributed by atoms with E-state index in [4.69, 9.17) is 0 Å². The Labute approximate surface area is 197 Å². The number of amides is 1. The summed E-state index contributed by atoms with van der Waals surface area (Å²) in [7, 11) is 0. The summed E-state index contributed by atoms with van der Waals surface area (Å²) in [6.07, 6.45) is 1.47. The molecule has 0 unspecified atom stereocenters. The van der Waals surface area contributed by atoms with Gasteiger partial charge in [-0.25, -0.2) is 5.43 Å². The number of aryl methyl sites for hydroxylation is 1. The van der Waals surface area contributed by atoms with Crippen molar-refractivity contribution < 1.29 is 9.72 Å². The maximum Gasteiger partial charge on any atom is 0.273 e. The van der Waals surface area contributed by atoms with Crippen molar-refractivity contribution in [2.45, 2.75) is 20.3 Å². The number of nitrogens with zero attached hydrogens (tertiary/aromatic N) is 3. The van der Waals surface area contributed by atoms with E-state index in [0.29, 0.717) is 5.56 Å². The van der Waals surface area contributed by atoms with Gasteiger partial charge in [0.25, 0.3) is 5.69 Å². The van der Waals surface area contributed by atoms with Gasteiger partial charge in [-0.1, -0.05) is 60.7 Å². The number of nitrogens with one attached hydrogen (secondary N) is 1. The van der Waals surface area contributed by atoms with Gasteiger partial charge >= 0.3 is 0 Å². The Balaban J connectivity index is 1.46. The molecule has 3 aromatic carbocycles. The van der Waals surface area contributed by atoms with Gasteiger partial charge in [-0.2, -0.15) is 5.10 Å². The fourth-order valence-electron chi connectivity index (χ4n) is 3.97. The molecule has 7 nitrogen and oxygen atoms in total. The molecule has 1 N–H and O–H groups in total. The van der Waals surface area contributed by atoms with Crippen LogP contribution in [0.25, 0.3) is 16.8 Å². The number of carbonyl (C=O) groups excluding carboxylic acids is 1. The predicted octanol–water partition coefficient (Wildman–Crippen LogP) is 5.36. The summed E-state index contributed by atoms with van der Waals surface area (Å²) < 4.78 is 2.13. The molecule has 1 aromatic heterocycles. The van der Waals surface area contributed by atoms with Crippen LogP contribution in [0, 0.1) is 24.0 Å². The Morgan fingerprint density at radius 3 is 2.32 bits per heavy atom. The molecule has 0 fully saturated rings. The maximum absolute atomic E-state index is 12.3. The minimum Gasteiger partial charge on any atom is -0.318 e. The smallest absolute Gasteiger partial charge is 0.273 e. The first-order chi connectivity index (χ1) is 16.4. The first-order valence-corrected chi connectivity index (χ1v) is 10.8. The number of benzene rings is 3. The van der Waals surface area contributed by atoms with Gasteiger partial charge in [0, 0.05) is 34.3 Å². The fourth-order valence-corrected chi connectivity index (χ4v) is 3.97. The van der Waals surface area contributed by atoms with E-state index in [0.717, 1.165) is 28.2 Å². The van der Waals surface area contributed by atoms with Gasteiger partial charge in [-0.05, 0) is 43.2 Å². The lowest BCUT2D eigenvalue weighted by atomic mass is 10.1. The summed E-state index contributed by atoms with van der Waals surface area (Å²) in [6, 6.07) is 26.8. The average molecular weight is 453 g/mol. The second-order valence-corrected chi connectivity index (χ2v) is 7.93. The van der Waals surface area contributed by atoms with Crippen LogP contribution in [0.1, 0.15) is 22.5 Å². The lowest BCUT2D eigenvalue weighted by molar-refractivity contribution is -0.385. The lowest BCUT2D eigenvalue weighted by Crippen LogP contribution is -2.20. The molecule has 1 amide bonds. The minimum absolute atomic E-state index is 0.0801. The highest BCUT2D eigenvalue weighted by Gasteiger charge is 2.15. The Bertz CT molecular complexity index is 1360. The van der Waals surface area contributed by atoms with Crippen LogP contribution in [0.15, 0.2) is 90.0 Å². The summed E-state index contributed by atoms with van der Waals surface area (Å²) in [4.78, 5) is 22.9. The monoisotopic (exact) mass is 452 g/mol. The van der Waals surface area contributed by atoms with E-state index < -0.39 is 10.8 Å². The third kappa shape index (κ3) is 4.94. The second-order valence-electron chi connectivity index (χ2n) is 7.93. The molecule has 0 bridgehead atoms. The number of aromatic nitrogens is 1. The molecule has 0 spiro atoms. The molecule has 0 saturated heterocycles. The van der Waals surface area contributed by atoms with Crippen molar-refractivity contribution in [3.63, 3.8) is 0 Å². The van der Waals surface area contributed by atoms with Crippen molar-refractivity contribution in [3.05, 3.63) is 118 Å². The number of para-hydroxylation sites is 1. The van der Waals surface area contributed by atoms with E-state index in [2.05, 4.69) is 51.5 Å². The lowest BCUT2D eigenvalue weighted by Gasteiger charge is -2.11. The molecule has 0 aliphatic rings. The zero-order valence-corrected chi connectivity index (χ0v) is 18.9. The summed E-state index contributed by atoms with van der Waals surface area (Å²) in [5, 5.41) is 15.2. The molecular weight excluding hydrogens is 428 g/mol. The number of nitro benzene ring substituents is 1. The van der Waals surface area contributed by atoms with E-state index in [9.17, 15) is 14.9 Å². The summed E-state index contributed by atoms with van der Waals surface area (Å²) in [5.74, 6) is -0.421. The Morgan fingerprint density at radius 2 is 1.62 bits per heavy atom. The van der Waals surface area contributed by atoms with Gasteiger partial charge < -0.3 is 4.57 Å². The molecule has 4 aromatic rings. The summed E-state index contributed by atoms with van der Waals surface area (Å²) in [6.45, 7) is 4.01. The largest absolute Gasteiger partial charge is 0.318 e. The topological polar surface area (TPSA) is 89.5 Å². The molecule has 1 heterocycles. The van der Waals surface area contributed by atoms with Gasteiger partial charge in [0.15, 0.2) is 0 Å². The number of hydrogen-bond acceptors (Lipinski definition) is 4. The van der Waals surface area contributed by atoms with Gasteiger partial charge in [-0.15, -0.1) is 0 Å². The van der Waals surface area contributed by atoms with Crippen molar-refractivity contribution in [2.24, 2.45) is 5.10 Å². The number of rotatable bonds is 7. The van der Waals surface area contributed by atoms with Crippen molar-refractivity contribution in [2.75, 3.05) is 0 Å². The standard InChI is InChI=1S/C27H24N4O3/c1-19-16-24(18-28-29-27(32)17-23-10-6-7-11-26(23)31(33)34)20(2)30(19)25-14-12-22(13-15-25)21-8-4-3-5-9-21/h3-16,18H,17H2,1-2H3,(H,29,32). The zero-order chi connectivity index (χ0) is 24.1. The third-order valence-electron chi connectivity index (χ3n) is 5.64. The molecular formula is C27H24N4O3. The first-order valence-electron chi connectivity index (χ1n) is 10.8. The molecule has 0 aliphatic carbocycles. The predicted molar refractivity (Wildman–Crippen MR) is 133 cm³/mol. The van der Waals surface area contributed by atoms with Crippen LogP contribution in [0.4, 0.5) is 5.69 Å². The van der Waals surface area contributed by atoms with Crippen molar-refractivity contribution in [1.29, 1.82) is 0 Å². The van der Waals surface area contributed by atoms with Crippen LogP contribution in [0.5, 0.6) is 0 Å². The normalized spacial score (nSPS) is 11.0. The highest BCUT2D eigenvalue weighted by Crippen LogP contribution is 2.24. The number of hydrogen-bond donors (Lipinski definition) is 1. The Kier molecular flexibility index (Phi) is 6.64. The fraction of sp³-hybridized carbons (Fsp3) is 0.111. The quantitative estimate of drug-likeness (QED) is 0.232. The maximum atomic E-state index is 12.3. The van der Waals surface area contributed by atoms with Crippen LogP contribution >= 0.6 is 0 Å². The van der Waals surface area contributed by atoms with Gasteiger partial charge in [0.1, 0.15) is 0 Å². The molecule has 0 saturated carbocycles. The van der Waals surface area contributed by atoms with Crippen molar-refractivity contribution in [1.82, 2.24) is 9.99 Å². The Morgan fingerprint density at radius 1 is 0.971 bits per heavy atom. The third-order valence-corrected chi connectivity index (χ3v) is 5.64. The van der Waals surface area contributed by atoms with Crippen LogP contribution < -0.4 is 5.43 Å². The number of carbonyl (C=O) groups is 1. The SMILES string of the molecule is Cc1cc(C=NNC(=O)Cc2ccccc2[N+](=O)[O-])c(C)n1-c1ccc(-c2ccccc2)cc1. The van der Waals surface area contributed by atoms with Crippen LogP contribution in [-0.2, 0) is 11.2 Å². The molecule has 4 rings (SSSR count). The van der Waals surface area contributed by atoms with Crippen LogP contribution in [0.3, 0.4) is 0 Å². The van der Waals surface area contributed by atoms with E-state index in [1.54, 1.807) is 24.4 Å². The average Bonchev–Trinajstić information content (AvgIpc) is 3.12. The molecule has 0 radical (unpaired) electrons. The van der Waals surface area contributed by atoms with Crippen LogP contribution in [-0.4, -0.2) is 21.6 Å². The number of nitro groups is 1. The molecule has 170 valence electrons.